The van der Waals surface area contributed by atoms with Crippen LogP contribution < -0.4 is 15.0 Å². The van der Waals surface area contributed by atoms with Gasteiger partial charge in [-0.2, -0.15) is 9.61 Å². The molecule has 0 spiro atoms. The third kappa shape index (κ3) is 4.58. The number of nitrogens with zero attached hydrogens (tertiary/aromatic N) is 5. The van der Waals surface area contributed by atoms with Gasteiger partial charge >= 0.3 is 0 Å². The van der Waals surface area contributed by atoms with Gasteiger partial charge in [0.05, 0.1) is 23.8 Å². The first-order valence-electron chi connectivity index (χ1n) is 12.8. The Kier molecular flexibility index (Phi) is 6.15. The number of imidazole rings is 1. The molecule has 0 amide bonds. The number of fused-ring (bicyclic) bond motifs is 2. The number of hydrogen-bond acceptors (Lipinski definition) is 6. The van der Waals surface area contributed by atoms with Crippen LogP contribution in [0.5, 0.6) is 5.75 Å². The van der Waals surface area contributed by atoms with Gasteiger partial charge in [-0.1, -0.05) is 37.3 Å². The van der Waals surface area contributed by atoms with E-state index in [2.05, 4.69) is 45.4 Å². The predicted octanol–water partition coefficient (Wildman–Crippen LogP) is 5.35. The van der Waals surface area contributed by atoms with Crippen molar-refractivity contribution in [3.05, 3.63) is 77.7 Å². The lowest BCUT2D eigenvalue weighted by molar-refractivity contribution is 0.306. The monoisotopic (exact) mass is 481 g/mol. The van der Waals surface area contributed by atoms with E-state index in [-0.39, 0.29) is 0 Å². The summed E-state index contributed by atoms with van der Waals surface area (Å²) in [5.41, 5.74) is 5.10. The molecule has 0 radical (unpaired) electrons. The summed E-state index contributed by atoms with van der Waals surface area (Å²) in [7, 11) is 0. The molecule has 4 heterocycles. The lowest BCUT2D eigenvalue weighted by Gasteiger charge is -2.28. The van der Waals surface area contributed by atoms with Crippen LogP contribution in [0, 0.1) is 0 Å². The largest absolute Gasteiger partial charge is 0.489 e. The van der Waals surface area contributed by atoms with Crippen molar-refractivity contribution >= 4 is 28.3 Å². The summed E-state index contributed by atoms with van der Waals surface area (Å²) in [6.45, 7) is 5.34. The third-order valence-electron chi connectivity index (χ3n) is 6.78. The number of aromatic amines is 1. The Hall–Kier alpha value is -4.07. The molecule has 5 aromatic rings. The minimum absolute atomic E-state index is 0.538. The van der Waals surface area contributed by atoms with Gasteiger partial charge < -0.3 is 19.9 Å². The molecule has 1 saturated heterocycles. The van der Waals surface area contributed by atoms with Gasteiger partial charge in [-0.25, -0.2) is 9.97 Å². The van der Waals surface area contributed by atoms with Crippen molar-refractivity contribution in [2.24, 2.45) is 0 Å². The maximum Gasteiger partial charge on any atom is 0.162 e. The topological polar surface area (TPSA) is 83.4 Å². The fourth-order valence-electron chi connectivity index (χ4n) is 4.79. The number of anilines is 2. The highest BCUT2D eigenvalue weighted by molar-refractivity contribution is 5.77. The molecule has 1 aliphatic rings. The number of rotatable bonds is 8. The van der Waals surface area contributed by atoms with Gasteiger partial charge in [0.1, 0.15) is 29.8 Å². The summed E-state index contributed by atoms with van der Waals surface area (Å²) in [6, 6.07) is 18.3. The van der Waals surface area contributed by atoms with Crippen molar-refractivity contribution < 1.29 is 4.74 Å². The smallest absolute Gasteiger partial charge is 0.162 e. The lowest BCUT2D eigenvalue weighted by Crippen LogP contribution is -2.30. The number of aromatic nitrogens is 5. The maximum atomic E-state index is 5.98. The first kappa shape index (κ1) is 22.4. The molecule has 2 N–H and O–H groups in total. The molecule has 36 heavy (non-hydrogen) atoms. The third-order valence-corrected chi connectivity index (χ3v) is 6.78. The first-order valence-corrected chi connectivity index (χ1v) is 12.8. The second-order valence-corrected chi connectivity index (χ2v) is 9.30. The lowest BCUT2D eigenvalue weighted by atomic mass is 10.1. The molecule has 8 nitrogen and oxygen atoms in total. The summed E-state index contributed by atoms with van der Waals surface area (Å²) < 4.78 is 7.89. The number of benzene rings is 2. The van der Waals surface area contributed by atoms with Crippen LogP contribution in [-0.2, 0) is 19.6 Å². The molecule has 0 unspecified atom stereocenters. The molecule has 3 aromatic heterocycles. The summed E-state index contributed by atoms with van der Waals surface area (Å²) in [6.07, 6.45) is 6.54. The standard InChI is InChI=1S/C28H31N7O/c1-2-21-17-30-35-26(16-27(33-28(21)35)34-13-7-4-8-14-34)29-18-25-31-23-12-11-22(15-24(23)32-25)36-19-20-9-5-3-6-10-20/h3,5-6,9-12,15-17,29H,2,4,7-8,13-14,18-19H2,1H3,(H,31,32). The Morgan fingerprint density at radius 1 is 1.00 bits per heavy atom. The minimum atomic E-state index is 0.538. The van der Waals surface area contributed by atoms with E-state index in [1.165, 1.54) is 19.3 Å². The van der Waals surface area contributed by atoms with Gasteiger partial charge in [0.25, 0.3) is 0 Å². The van der Waals surface area contributed by atoms with Crippen molar-refractivity contribution in [3.8, 4) is 5.75 Å². The molecule has 1 fully saturated rings. The molecule has 2 aromatic carbocycles. The van der Waals surface area contributed by atoms with Crippen LogP contribution >= 0.6 is 0 Å². The zero-order valence-electron chi connectivity index (χ0n) is 20.6. The molecule has 0 bridgehead atoms. The molecular formula is C28H31N7O. The predicted molar refractivity (Wildman–Crippen MR) is 143 cm³/mol. The summed E-state index contributed by atoms with van der Waals surface area (Å²) >= 11 is 0. The molecule has 6 rings (SSSR count). The highest BCUT2D eigenvalue weighted by Crippen LogP contribution is 2.25. The fraction of sp³-hybridized carbons (Fsp3) is 0.321. The minimum Gasteiger partial charge on any atom is -0.489 e. The summed E-state index contributed by atoms with van der Waals surface area (Å²) in [4.78, 5) is 15.6. The van der Waals surface area contributed by atoms with E-state index in [0.717, 1.165) is 70.5 Å². The van der Waals surface area contributed by atoms with Crippen LogP contribution in [0.1, 0.15) is 43.1 Å². The molecule has 0 saturated carbocycles. The number of ether oxygens (including phenoxy) is 1. The van der Waals surface area contributed by atoms with Crippen molar-refractivity contribution in [2.75, 3.05) is 23.3 Å². The fourth-order valence-corrected chi connectivity index (χ4v) is 4.79. The first-order chi connectivity index (χ1) is 17.8. The van der Waals surface area contributed by atoms with Crippen molar-refractivity contribution in [2.45, 2.75) is 45.8 Å². The van der Waals surface area contributed by atoms with Gasteiger partial charge in [0.15, 0.2) is 5.65 Å². The molecule has 8 heteroatoms. The van der Waals surface area contributed by atoms with E-state index in [1.54, 1.807) is 0 Å². The number of nitrogens with one attached hydrogen (secondary N) is 2. The van der Waals surface area contributed by atoms with Crippen LogP contribution in [0.4, 0.5) is 11.6 Å². The van der Waals surface area contributed by atoms with Crippen LogP contribution in [0.2, 0.25) is 0 Å². The second kappa shape index (κ2) is 9.89. The van der Waals surface area contributed by atoms with E-state index >= 15 is 0 Å². The van der Waals surface area contributed by atoms with Crippen molar-refractivity contribution in [1.29, 1.82) is 0 Å². The van der Waals surface area contributed by atoms with Crippen molar-refractivity contribution in [3.63, 3.8) is 0 Å². The Labute approximate surface area is 210 Å². The van der Waals surface area contributed by atoms with Gasteiger partial charge in [-0.3, -0.25) is 0 Å². The van der Waals surface area contributed by atoms with E-state index in [9.17, 15) is 0 Å². The molecule has 184 valence electrons. The highest BCUT2D eigenvalue weighted by atomic mass is 16.5. The zero-order valence-corrected chi connectivity index (χ0v) is 20.6. The van der Waals surface area contributed by atoms with Gasteiger partial charge in [-0.05, 0) is 43.4 Å². The normalized spacial score (nSPS) is 14.0. The Balaban J connectivity index is 1.21. The van der Waals surface area contributed by atoms with E-state index in [0.29, 0.717) is 13.2 Å². The van der Waals surface area contributed by atoms with Crippen LogP contribution in [0.25, 0.3) is 16.7 Å². The SMILES string of the molecule is CCc1cnn2c(NCc3nc4ccc(OCc5ccccc5)cc4[nH]3)cc(N3CCCCC3)nc12. The Morgan fingerprint density at radius 2 is 1.86 bits per heavy atom. The van der Waals surface area contributed by atoms with E-state index in [4.69, 9.17) is 14.7 Å². The summed E-state index contributed by atoms with van der Waals surface area (Å²) in [5.74, 6) is 3.62. The zero-order chi connectivity index (χ0) is 24.3. The molecule has 0 aliphatic carbocycles. The van der Waals surface area contributed by atoms with Gasteiger partial charge in [0, 0.05) is 30.8 Å². The second-order valence-electron chi connectivity index (χ2n) is 9.30. The van der Waals surface area contributed by atoms with E-state index in [1.807, 2.05) is 47.1 Å². The van der Waals surface area contributed by atoms with Gasteiger partial charge in [0.2, 0.25) is 0 Å². The van der Waals surface area contributed by atoms with Gasteiger partial charge in [-0.15, -0.1) is 0 Å². The highest BCUT2D eigenvalue weighted by Gasteiger charge is 2.17. The summed E-state index contributed by atoms with van der Waals surface area (Å²) in [5, 5.41) is 8.17. The quantitative estimate of drug-likeness (QED) is 0.311. The van der Waals surface area contributed by atoms with E-state index < -0.39 is 0 Å². The molecule has 1 aliphatic heterocycles. The molecular weight excluding hydrogens is 450 g/mol. The maximum absolute atomic E-state index is 5.98. The number of H-pyrrole nitrogens is 1. The van der Waals surface area contributed by atoms with Crippen LogP contribution in [0.3, 0.4) is 0 Å². The van der Waals surface area contributed by atoms with Crippen LogP contribution in [-0.4, -0.2) is 37.7 Å². The Bertz CT molecular complexity index is 1470. The average Bonchev–Trinajstić information content (AvgIpc) is 3.55. The van der Waals surface area contributed by atoms with Crippen LogP contribution in [0.15, 0.2) is 60.8 Å². The van der Waals surface area contributed by atoms with Crippen molar-refractivity contribution in [1.82, 2.24) is 24.6 Å². The Morgan fingerprint density at radius 3 is 2.69 bits per heavy atom. The molecule has 0 atom stereocenters. The number of hydrogen-bond donors (Lipinski definition) is 2. The number of aryl methyl sites for hydroxylation is 1. The number of piperidine rings is 1. The average molecular weight is 482 g/mol.